The number of thioether (sulfide) groups is 1. The van der Waals surface area contributed by atoms with E-state index in [-0.39, 0.29) is 18.0 Å². The molecule has 1 N–H and O–H groups in total. The van der Waals surface area contributed by atoms with Crippen LogP contribution in [0.3, 0.4) is 0 Å². The molecule has 1 amide bonds. The summed E-state index contributed by atoms with van der Waals surface area (Å²) in [5, 5.41) is 3.45. The predicted octanol–water partition coefficient (Wildman–Crippen LogP) is 3.65. The lowest BCUT2D eigenvalue weighted by Gasteiger charge is -2.27. The minimum absolute atomic E-state index is 0.0820. The Labute approximate surface area is 187 Å². The first kappa shape index (κ1) is 21.1. The summed E-state index contributed by atoms with van der Waals surface area (Å²) < 4.78 is 2.14. The number of fused-ring (bicyclic) bond motifs is 1. The largest absolute Gasteiger partial charge is 0.324 e. The van der Waals surface area contributed by atoms with Gasteiger partial charge in [0.1, 0.15) is 6.54 Å². The molecule has 0 atom stereocenters. The van der Waals surface area contributed by atoms with Gasteiger partial charge in [-0.1, -0.05) is 28.1 Å². The molecule has 6 nitrogen and oxygen atoms in total. The molecule has 0 spiro atoms. The van der Waals surface area contributed by atoms with E-state index in [9.17, 15) is 9.59 Å². The second-order valence-corrected chi connectivity index (χ2v) is 9.51. The van der Waals surface area contributed by atoms with E-state index in [2.05, 4.69) is 37.2 Å². The predicted molar refractivity (Wildman–Crippen MR) is 126 cm³/mol. The number of anilines is 1. The van der Waals surface area contributed by atoms with Gasteiger partial charge < -0.3 is 5.32 Å². The van der Waals surface area contributed by atoms with Crippen LogP contribution in [0.15, 0.2) is 52.0 Å². The molecule has 2 heterocycles. The first-order valence-corrected chi connectivity index (χ1v) is 11.8. The highest BCUT2D eigenvalue weighted by molar-refractivity contribution is 9.10. The van der Waals surface area contributed by atoms with Crippen molar-refractivity contribution in [2.75, 3.05) is 29.9 Å². The Morgan fingerprint density at radius 2 is 2.03 bits per heavy atom. The summed E-state index contributed by atoms with van der Waals surface area (Å²) in [5.74, 6) is 2.09. The zero-order chi connectivity index (χ0) is 21.1. The number of nitrogens with zero attached hydrogens (tertiary/aromatic N) is 3. The fraction of sp³-hybridized carbons (Fsp3) is 0.318. The highest BCUT2D eigenvalue weighted by Gasteiger charge is 2.14. The van der Waals surface area contributed by atoms with Gasteiger partial charge in [0.25, 0.3) is 5.56 Å². The molecule has 3 aromatic rings. The van der Waals surface area contributed by atoms with Crippen molar-refractivity contribution in [3.05, 3.63) is 68.7 Å². The fourth-order valence-electron chi connectivity index (χ4n) is 3.58. The van der Waals surface area contributed by atoms with E-state index in [1.807, 2.05) is 36.9 Å². The van der Waals surface area contributed by atoms with Crippen LogP contribution >= 0.6 is 27.7 Å². The number of amides is 1. The maximum Gasteiger partial charge on any atom is 0.261 e. The van der Waals surface area contributed by atoms with Crippen LogP contribution in [-0.4, -0.2) is 45.0 Å². The number of carbonyl (C=O) groups excluding carboxylic acids is 1. The second kappa shape index (κ2) is 9.32. The van der Waals surface area contributed by atoms with Gasteiger partial charge in [-0.15, -0.1) is 0 Å². The van der Waals surface area contributed by atoms with Crippen molar-refractivity contribution >= 4 is 50.2 Å². The Kier molecular flexibility index (Phi) is 6.55. The molecule has 156 valence electrons. The molecule has 0 saturated carbocycles. The maximum atomic E-state index is 12.7. The van der Waals surface area contributed by atoms with Crippen molar-refractivity contribution in [1.82, 2.24) is 14.5 Å². The lowest BCUT2D eigenvalue weighted by molar-refractivity contribution is -0.116. The number of halogens is 1. The molecule has 1 aliphatic rings. The van der Waals surface area contributed by atoms with Gasteiger partial charge in [0, 0.05) is 41.3 Å². The topological polar surface area (TPSA) is 67.2 Å². The van der Waals surface area contributed by atoms with E-state index < -0.39 is 0 Å². The second-order valence-electron chi connectivity index (χ2n) is 7.37. The zero-order valence-corrected chi connectivity index (χ0v) is 19.1. The van der Waals surface area contributed by atoms with E-state index in [4.69, 9.17) is 0 Å². The molecule has 1 fully saturated rings. The minimum atomic E-state index is -0.247. The molecule has 30 heavy (non-hydrogen) atoms. The van der Waals surface area contributed by atoms with Crippen LogP contribution in [0.25, 0.3) is 10.9 Å². The molecule has 8 heteroatoms. The molecule has 0 unspecified atom stereocenters. The first-order chi connectivity index (χ1) is 14.5. The highest BCUT2D eigenvalue weighted by Crippen LogP contribution is 2.22. The number of hydrogen-bond donors (Lipinski definition) is 1. The van der Waals surface area contributed by atoms with Crippen LogP contribution in [-0.2, 0) is 17.9 Å². The SMILES string of the molecule is Cc1c(CN2CCSCC2)cccc1NC(=O)Cn1cnc2ccc(Br)cc2c1=O. The van der Waals surface area contributed by atoms with Crippen LogP contribution in [0.1, 0.15) is 11.1 Å². The summed E-state index contributed by atoms with van der Waals surface area (Å²) in [6, 6.07) is 11.3. The number of aromatic nitrogens is 2. The summed E-state index contributed by atoms with van der Waals surface area (Å²) >= 11 is 5.37. The molecular formula is C22H23BrN4O2S. The lowest BCUT2D eigenvalue weighted by Crippen LogP contribution is -2.32. The van der Waals surface area contributed by atoms with Crippen molar-refractivity contribution in [3.8, 4) is 0 Å². The van der Waals surface area contributed by atoms with Crippen LogP contribution in [0, 0.1) is 6.92 Å². The molecule has 0 radical (unpaired) electrons. The molecule has 0 aliphatic carbocycles. The number of nitrogens with one attached hydrogen (secondary N) is 1. The normalized spacial score (nSPS) is 14.7. The monoisotopic (exact) mass is 486 g/mol. The van der Waals surface area contributed by atoms with Gasteiger partial charge in [0.2, 0.25) is 5.91 Å². The standard InChI is InChI=1S/C22H23BrN4O2S/c1-15-16(12-26-7-9-30-10-8-26)3-2-4-19(15)25-21(28)13-27-14-24-20-6-5-17(23)11-18(20)22(27)29/h2-6,11,14H,7-10,12-13H2,1H3,(H,25,28). The van der Waals surface area contributed by atoms with E-state index in [0.717, 1.165) is 35.4 Å². The summed E-state index contributed by atoms with van der Waals surface area (Å²) in [6.45, 7) is 5.02. The van der Waals surface area contributed by atoms with Crippen LogP contribution in [0.5, 0.6) is 0 Å². The molecule has 0 bridgehead atoms. The third kappa shape index (κ3) is 4.77. The molecular weight excluding hydrogens is 464 g/mol. The van der Waals surface area contributed by atoms with E-state index in [1.165, 1.54) is 28.0 Å². The molecule has 4 rings (SSSR count). The summed E-state index contributed by atoms with van der Waals surface area (Å²) in [6.07, 6.45) is 1.43. The average molecular weight is 487 g/mol. The minimum Gasteiger partial charge on any atom is -0.324 e. The molecule has 1 aromatic heterocycles. The van der Waals surface area contributed by atoms with Gasteiger partial charge >= 0.3 is 0 Å². The lowest BCUT2D eigenvalue weighted by atomic mass is 10.1. The third-order valence-electron chi connectivity index (χ3n) is 5.32. The molecule has 1 aliphatic heterocycles. The summed E-state index contributed by atoms with van der Waals surface area (Å²) in [4.78, 5) is 32.1. The van der Waals surface area contributed by atoms with Gasteiger partial charge in [-0.05, 0) is 42.3 Å². The number of carbonyl (C=O) groups is 1. The van der Waals surface area contributed by atoms with Crippen molar-refractivity contribution in [2.45, 2.75) is 20.0 Å². The smallest absolute Gasteiger partial charge is 0.261 e. The summed E-state index contributed by atoms with van der Waals surface area (Å²) in [5.41, 5.74) is 3.45. The van der Waals surface area contributed by atoms with Crippen molar-refractivity contribution in [1.29, 1.82) is 0 Å². The van der Waals surface area contributed by atoms with E-state index >= 15 is 0 Å². The van der Waals surface area contributed by atoms with Gasteiger partial charge in [0.15, 0.2) is 0 Å². The third-order valence-corrected chi connectivity index (χ3v) is 6.75. The van der Waals surface area contributed by atoms with Crippen LogP contribution < -0.4 is 10.9 Å². The molecule has 2 aromatic carbocycles. The van der Waals surface area contributed by atoms with Gasteiger partial charge in [-0.3, -0.25) is 19.1 Å². The zero-order valence-electron chi connectivity index (χ0n) is 16.7. The van der Waals surface area contributed by atoms with Crippen molar-refractivity contribution in [2.24, 2.45) is 0 Å². The van der Waals surface area contributed by atoms with Crippen molar-refractivity contribution < 1.29 is 4.79 Å². The quantitative estimate of drug-likeness (QED) is 0.595. The van der Waals surface area contributed by atoms with E-state index in [0.29, 0.717) is 10.9 Å². The number of hydrogen-bond acceptors (Lipinski definition) is 5. The fourth-order valence-corrected chi connectivity index (χ4v) is 4.92. The highest BCUT2D eigenvalue weighted by atomic mass is 79.9. The van der Waals surface area contributed by atoms with Gasteiger partial charge in [-0.2, -0.15) is 11.8 Å². The Morgan fingerprint density at radius 3 is 2.83 bits per heavy atom. The Morgan fingerprint density at radius 1 is 1.23 bits per heavy atom. The Hall–Kier alpha value is -2.16. The average Bonchev–Trinajstić information content (AvgIpc) is 2.74. The molecule has 1 saturated heterocycles. The maximum absolute atomic E-state index is 12.7. The van der Waals surface area contributed by atoms with Gasteiger partial charge in [0.05, 0.1) is 17.2 Å². The Balaban J connectivity index is 1.49. The first-order valence-electron chi connectivity index (χ1n) is 9.84. The number of benzene rings is 2. The van der Waals surface area contributed by atoms with E-state index in [1.54, 1.807) is 12.1 Å². The van der Waals surface area contributed by atoms with Crippen LogP contribution in [0.2, 0.25) is 0 Å². The summed E-state index contributed by atoms with van der Waals surface area (Å²) in [7, 11) is 0. The van der Waals surface area contributed by atoms with Crippen LogP contribution in [0.4, 0.5) is 5.69 Å². The number of rotatable bonds is 5. The Bertz CT molecular complexity index is 1140. The van der Waals surface area contributed by atoms with Gasteiger partial charge in [-0.25, -0.2) is 4.98 Å². The van der Waals surface area contributed by atoms with Crippen molar-refractivity contribution in [3.63, 3.8) is 0 Å².